The molecule has 0 spiro atoms. The van der Waals surface area contributed by atoms with Gasteiger partial charge < -0.3 is 15.2 Å². The molecule has 2 N–H and O–H groups in total. The van der Waals surface area contributed by atoms with Crippen molar-refractivity contribution in [3.8, 4) is 0 Å². The average molecular weight is 569 g/mol. The number of hydrogen-bond donors (Lipinski definition) is 2. The number of amides is 2. The predicted molar refractivity (Wildman–Crippen MR) is 130 cm³/mol. The summed E-state index contributed by atoms with van der Waals surface area (Å²) in [7, 11) is 0. The van der Waals surface area contributed by atoms with Crippen molar-refractivity contribution in [3.05, 3.63) is 47.2 Å². The number of halogens is 5. The Kier molecular flexibility index (Phi) is 7.53. The molecular weight excluding hydrogens is 539 g/mol. The van der Waals surface area contributed by atoms with E-state index < -0.39 is 48.8 Å². The number of nitrogens with one attached hydrogen (secondary N) is 2. The molecule has 1 unspecified atom stereocenters. The normalized spacial score (nSPS) is 19.4. The smallest absolute Gasteiger partial charge is 0.364 e. The molecule has 3 aromatic rings. The van der Waals surface area contributed by atoms with E-state index in [1.807, 2.05) is 0 Å². The van der Waals surface area contributed by atoms with Crippen LogP contribution in [0.5, 0.6) is 0 Å². The molecule has 2 aliphatic rings. The zero-order valence-electron chi connectivity index (χ0n) is 21.7. The van der Waals surface area contributed by atoms with Crippen LogP contribution in [-0.4, -0.2) is 43.7 Å². The van der Waals surface area contributed by atoms with Gasteiger partial charge in [0.15, 0.2) is 11.3 Å². The molecular formula is C26H29F5N6O3. The van der Waals surface area contributed by atoms with E-state index in [4.69, 9.17) is 4.52 Å². The van der Waals surface area contributed by atoms with E-state index in [9.17, 15) is 31.5 Å². The van der Waals surface area contributed by atoms with Crippen LogP contribution in [0.1, 0.15) is 90.8 Å². The Balaban J connectivity index is 1.39. The fourth-order valence-corrected chi connectivity index (χ4v) is 5.18. The monoisotopic (exact) mass is 568 g/mol. The van der Waals surface area contributed by atoms with Gasteiger partial charge in [-0.3, -0.25) is 9.59 Å². The molecule has 2 fully saturated rings. The average Bonchev–Trinajstić information content (AvgIpc) is 3.49. The second-order valence-electron chi connectivity index (χ2n) is 10.7. The molecule has 0 radical (unpaired) electrons. The first kappa shape index (κ1) is 28.0. The number of nitrogens with zero attached hydrogens (tertiary/aromatic N) is 4. The summed E-state index contributed by atoms with van der Waals surface area (Å²) in [5, 5.41) is 13.7. The van der Waals surface area contributed by atoms with Crippen molar-refractivity contribution in [1.29, 1.82) is 0 Å². The summed E-state index contributed by atoms with van der Waals surface area (Å²) in [6, 6.07) is 0.481. The lowest BCUT2D eigenvalue weighted by Gasteiger charge is -2.33. The first-order valence-electron chi connectivity index (χ1n) is 13.2. The summed E-state index contributed by atoms with van der Waals surface area (Å²) in [4.78, 5) is 29.9. The zero-order valence-corrected chi connectivity index (χ0v) is 21.7. The number of hydrogen-bond acceptors (Lipinski definition) is 6. The molecule has 5 rings (SSSR count). The first-order valence-corrected chi connectivity index (χ1v) is 13.2. The lowest BCUT2D eigenvalue weighted by Crippen LogP contribution is -2.37. The third-order valence-electron chi connectivity index (χ3n) is 7.56. The Morgan fingerprint density at radius 1 is 1.12 bits per heavy atom. The minimum atomic E-state index is -4.42. The second-order valence-corrected chi connectivity index (χ2v) is 10.7. The zero-order chi connectivity index (χ0) is 28.7. The number of aryl methyl sites for hydroxylation is 1. The van der Waals surface area contributed by atoms with E-state index in [-0.39, 0.29) is 43.2 Å². The Morgan fingerprint density at radius 3 is 2.45 bits per heavy atom. The third kappa shape index (κ3) is 6.58. The summed E-state index contributed by atoms with van der Waals surface area (Å²) < 4.78 is 71.9. The van der Waals surface area contributed by atoms with Crippen LogP contribution in [0.3, 0.4) is 0 Å². The predicted octanol–water partition coefficient (Wildman–Crippen LogP) is 5.23. The molecule has 9 nitrogen and oxygen atoms in total. The molecule has 0 saturated heterocycles. The highest BCUT2D eigenvalue weighted by molar-refractivity contribution is 5.93. The van der Waals surface area contributed by atoms with Crippen molar-refractivity contribution in [2.75, 3.05) is 0 Å². The highest BCUT2D eigenvalue weighted by atomic mass is 19.4. The van der Waals surface area contributed by atoms with Gasteiger partial charge in [-0.1, -0.05) is 5.16 Å². The van der Waals surface area contributed by atoms with Gasteiger partial charge >= 0.3 is 6.18 Å². The Bertz CT molecular complexity index is 1370. The minimum absolute atomic E-state index is 0.0789. The molecule has 3 heterocycles. The maximum absolute atomic E-state index is 13.9. The first-order chi connectivity index (χ1) is 18.9. The van der Waals surface area contributed by atoms with Crippen LogP contribution < -0.4 is 10.6 Å². The summed E-state index contributed by atoms with van der Waals surface area (Å²) in [5.41, 5.74) is 2.02. The van der Waals surface area contributed by atoms with E-state index in [1.54, 1.807) is 19.2 Å². The second kappa shape index (κ2) is 10.8. The van der Waals surface area contributed by atoms with Gasteiger partial charge in [-0.25, -0.2) is 18.3 Å². The van der Waals surface area contributed by atoms with Crippen molar-refractivity contribution in [2.24, 2.45) is 11.8 Å². The number of rotatable bonds is 9. The van der Waals surface area contributed by atoms with Gasteiger partial charge in [0, 0.05) is 24.8 Å². The molecule has 2 amide bonds. The van der Waals surface area contributed by atoms with E-state index in [2.05, 4.69) is 25.9 Å². The standard InChI is InChI=1S/C26H29F5N6O3/c1-14-13-40-36-21(14)24(39)35-23(16-4-7-25(27,28)8-5-16)18-12-37-19(33-18)10-17(11-32-37)22(15-2-3-15)34-20(38)6-9-26(29,30)31/h10-13,15-16,22-23H,2-9H2,1H3,(H,34,38)(H,35,39)/t22?,23-/m0/s1. The fourth-order valence-electron chi connectivity index (χ4n) is 5.18. The third-order valence-corrected chi connectivity index (χ3v) is 7.56. The van der Waals surface area contributed by atoms with Crippen LogP contribution in [0.2, 0.25) is 0 Å². The lowest BCUT2D eigenvalue weighted by atomic mass is 9.81. The number of carbonyl (C=O) groups excluding carboxylic acids is 2. The van der Waals surface area contributed by atoms with Crippen molar-refractivity contribution in [3.63, 3.8) is 0 Å². The van der Waals surface area contributed by atoms with Crippen molar-refractivity contribution in [2.45, 2.75) is 82.5 Å². The van der Waals surface area contributed by atoms with E-state index >= 15 is 0 Å². The van der Waals surface area contributed by atoms with Crippen LogP contribution in [0.4, 0.5) is 22.0 Å². The number of aromatic nitrogens is 4. The molecule has 2 aliphatic carbocycles. The Labute approximate surface area is 225 Å². The summed E-state index contributed by atoms with van der Waals surface area (Å²) in [5.74, 6) is -4.21. The molecule has 0 bridgehead atoms. The topological polar surface area (TPSA) is 114 Å². The van der Waals surface area contributed by atoms with Gasteiger partial charge in [0.1, 0.15) is 6.26 Å². The van der Waals surface area contributed by atoms with Crippen LogP contribution >= 0.6 is 0 Å². The SMILES string of the molecule is Cc1conc1C(=O)N[C@H](c1cn2ncc(C(NC(=O)CCC(F)(F)F)C3CC3)cc2n1)C1CCC(F)(F)CC1. The van der Waals surface area contributed by atoms with Crippen molar-refractivity contribution in [1.82, 2.24) is 30.4 Å². The van der Waals surface area contributed by atoms with Gasteiger partial charge in [0.2, 0.25) is 11.8 Å². The molecule has 40 heavy (non-hydrogen) atoms. The van der Waals surface area contributed by atoms with Crippen LogP contribution in [0, 0.1) is 18.8 Å². The quantitative estimate of drug-likeness (QED) is 0.342. The van der Waals surface area contributed by atoms with E-state index in [0.29, 0.717) is 22.5 Å². The van der Waals surface area contributed by atoms with Gasteiger partial charge in [-0.2, -0.15) is 18.3 Å². The molecule has 216 valence electrons. The van der Waals surface area contributed by atoms with Gasteiger partial charge in [-0.05, 0) is 56.1 Å². The van der Waals surface area contributed by atoms with Crippen LogP contribution in [0.15, 0.2) is 29.2 Å². The van der Waals surface area contributed by atoms with E-state index in [1.165, 1.54) is 17.0 Å². The summed E-state index contributed by atoms with van der Waals surface area (Å²) >= 11 is 0. The number of imidazole rings is 1. The highest BCUT2D eigenvalue weighted by Crippen LogP contribution is 2.43. The maximum Gasteiger partial charge on any atom is 0.389 e. The fraction of sp³-hybridized carbons (Fsp3) is 0.577. The number of alkyl halides is 5. The molecule has 2 saturated carbocycles. The van der Waals surface area contributed by atoms with Gasteiger partial charge in [-0.15, -0.1) is 0 Å². The van der Waals surface area contributed by atoms with Gasteiger partial charge in [0.25, 0.3) is 5.91 Å². The van der Waals surface area contributed by atoms with E-state index in [0.717, 1.165) is 12.8 Å². The molecule has 0 aliphatic heterocycles. The summed E-state index contributed by atoms with van der Waals surface area (Å²) in [6.07, 6.45) is -0.446. The van der Waals surface area contributed by atoms with Crippen molar-refractivity contribution < 1.29 is 36.1 Å². The van der Waals surface area contributed by atoms with Crippen LogP contribution in [-0.2, 0) is 4.79 Å². The number of carbonyl (C=O) groups is 2. The summed E-state index contributed by atoms with van der Waals surface area (Å²) in [6.45, 7) is 1.66. The largest absolute Gasteiger partial charge is 0.389 e. The Hall–Kier alpha value is -3.58. The molecule has 3 aromatic heterocycles. The van der Waals surface area contributed by atoms with Gasteiger partial charge in [0.05, 0.1) is 36.6 Å². The highest BCUT2D eigenvalue weighted by Gasteiger charge is 2.40. The van der Waals surface area contributed by atoms with Crippen molar-refractivity contribution >= 4 is 17.5 Å². The minimum Gasteiger partial charge on any atom is -0.364 e. The number of fused-ring (bicyclic) bond motifs is 1. The molecule has 2 atom stereocenters. The van der Waals surface area contributed by atoms with Crippen LogP contribution in [0.25, 0.3) is 5.65 Å². The molecule has 14 heteroatoms. The maximum atomic E-state index is 13.9. The Morgan fingerprint density at radius 2 is 1.82 bits per heavy atom. The lowest BCUT2D eigenvalue weighted by molar-refractivity contribution is -0.144. The molecule has 0 aromatic carbocycles.